The Morgan fingerprint density at radius 3 is 2.58 bits per heavy atom. The van der Waals surface area contributed by atoms with Crippen molar-refractivity contribution >= 4 is 0 Å². The van der Waals surface area contributed by atoms with Crippen molar-refractivity contribution in [3.05, 3.63) is 29.6 Å². The number of hydrogen-bond donors (Lipinski definition) is 1. The van der Waals surface area contributed by atoms with Gasteiger partial charge in [0.1, 0.15) is 17.7 Å². The maximum Gasteiger partial charge on any atom is 0.145 e. The highest BCUT2D eigenvalue weighted by atomic mass is 19.1. The molecule has 4 saturated heterocycles. The first-order chi connectivity index (χ1) is 12.7. The zero-order valence-corrected chi connectivity index (χ0v) is 15.1. The lowest BCUT2D eigenvalue weighted by Crippen LogP contribution is -2.59. The summed E-state index contributed by atoms with van der Waals surface area (Å²) in [6.07, 6.45) is 3.34. The number of hydrogen-bond acceptors (Lipinski definition) is 5. The topological polar surface area (TPSA) is 43.0 Å². The second kappa shape index (κ2) is 6.75. The molecule has 4 aliphatic rings. The van der Waals surface area contributed by atoms with E-state index in [0.717, 1.165) is 63.4 Å². The van der Waals surface area contributed by atoms with Gasteiger partial charge < -0.3 is 19.5 Å². The number of rotatable bonds is 4. The van der Waals surface area contributed by atoms with Crippen LogP contribution in [0.5, 0.6) is 5.75 Å². The summed E-state index contributed by atoms with van der Waals surface area (Å²) >= 11 is 0. The van der Waals surface area contributed by atoms with Crippen LogP contribution in [0.4, 0.5) is 4.39 Å². The van der Waals surface area contributed by atoms with Crippen LogP contribution in [0.15, 0.2) is 18.2 Å². The van der Waals surface area contributed by atoms with Crippen molar-refractivity contribution in [2.45, 2.75) is 42.9 Å². The van der Waals surface area contributed by atoms with Crippen molar-refractivity contribution in [2.24, 2.45) is 0 Å². The fourth-order valence-corrected chi connectivity index (χ4v) is 4.69. The number of piperidine rings is 1. The van der Waals surface area contributed by atoms with E-state index in [1.165, 1.54) is 6.07 Å². The van der Waals surface area contributed by atoms with E-state index in [0.29, 0.717) is 25.2 Å². The van der Waals surface area contributed by atoms with E-state index in [-0.39, 0.29) is 17.5 Å². The van der Waals surface area contributed by atoms with E-state index in [1.54, 1.807) is 12.1 Å². The van der Waals surface area contributed by atoms with Crippen LogP contribution in [0.3, 0.4) is 0 Å². The Morgan fingerprint density at radius 1 is 1.15 bits per heavy atom. The van der Waals surface area contributed by atoms with Crippen molar-refractivity contribution in [3.8, 4) is 5.75 Å². The maximum atomic E-state index is 13.9. The Labute approximate surface area is 153 Å². The molecule has 0 amide bonds. The molecule has 6 heteroatoms. The van der Waals surface area contributed by atoms with E-state index in [4.69, 9.17) is 14.2 Å². The quantitative estimate of drug-likeness (QED) is 0.886. The van der Waals surface area contributed by atoms with Gasteiger partial charge in [0.2, 0.25) is 0 Å². The average Bonchev–Trinajstić information content (AvgIpc) is 3.05. The van der Waals surface area contributed by atoms with Crippen molar-refractivity contribution in [3.63, 3.8) is 0 Å². The molecule has 26 heavy (non-hydrogen) atoms. The lowest BCUT2D eigenvalue weighted by molar-refractivity contribution is -0.0802. The minimum Gasteiger partial charge on any atom is -0.485 e. The Morgan fingerprint density at radius 2 is 1.96 bits per heavy atom. The van der Waals surface area contributed by atoms with Crippen LogP contribution in [0, 0.1) is 5.82 Å². The molecule has 4 heterocycles. The van der Waals surface area contributed by atoms with Gasteiger partial charge in [-0.05, 0) is 56.5 Å². The van der Waals surface area contributed by atoms with Crippen LogP contribution in [0.2, 0.25) is 0 Å². The summed E-state index contributed by atoms with van der Waals surface area (Å²) in [5, 5.41) is 3.33. The molecule has 4 fully saturated rings. The predicted octanol–water partition coefficient (Wildman–Crippen LogP) is 1.91. The lowest BCUT2D eigenvalue weighted by atomic mass is 9.86. The molecule has 4 aliphatic heterocycles. The van der Waals surface area contributed by atoms with Gasteiger partial charge in [-0.25, -0.2) is 4.39 Å². The van der Waals surface area contributed by atoms with Crippen molar-refractivity contribution in [1.29, 1.82) is 0 Å². The number of ether oxygens (including phenoxy) is 3. The highest BCUT2D eigenvalue weighted by Crippen LogP contribution is 2.38. The van der Waals surface area contributed by atoms with Gasteiger partial charge in [-0.2, -0.15) is 0 Å². The van der Waals surface area contributed by atoms with Crippen LogP contribution in [-0.2, 0) is 9.47 Å². The molecule has 1 spiro atoms. The fraction of sp³-hybridized carbons (Fsp3) is 0.700. The molecule has 1 aromatic rings. The molecule has 1 unspecified atom stereocenters. The highest BCUT2D eigenvalue weighted by molar-refractivity contribution is 5.37. The van der Waals surface area contributed by atoms with Crippen molar-refractivity contribution in [1.82, 2.24) is 10.2 Å². The minimum absolute atomic E-state index is 0.107. The molecule has 1 aromatic carbocycles. The van der Waals surface area contributed by atoms with Crippen LogP contribution >= 0.6 is 0 Å². The normalized spacial score (nSPS) is 29.5. The Hall–Kier alpha value is -1.21. The summed E-state index contributed by atoms with van der Waals surface area (Å²) in [4.78, 5) is 2.57. The summed E-state index contributed by atoms with van der Waals surface area (Å²) in [6, 6.07) is 5.49. The van der Waals surface area contributed by atoms with Gasteiger partial charge in [0.15, 0.2) is 0 Å². The second-order valence-corrected chi connectivity index (χ2v) is 8.23. The van der Waals surface area contributed by atoms with E-state index in [2.05, 4.69) is 10.2 Å². The zero-order valence-electron chi connectivity index (χ0n) is 15.1. The average molecular weight is 362 g/mol. The number of nitrogens with zero attached hydrogens (tertiary/aromatic N) is 1. The standard InChI is InChI=1S/C20H27FN2O3/c21-15-1-2-19(26-17-10-24-11-17)18(7-15)14-3-5-23(6-4-14)16-8-20(25-9-16)12-22-13-20/h1-2,7,14,16-17,22H,3-6,8-13H2. The van der Waals surface area contributed by atoms with Crippen LogP contribution in [0.25, 0.3) is 0 Å². The Bertz CT molecular complexity index is 654. The summed E-state index contributed by atoms with van der Waals surface area (Å²) in [7, 11) is 0. The molecular weight excluding hydrogens is 335 g/mol. The number of benzene rings is 1. The summed E-state index contributed by atoms with van der Waals surface area (Å²) < 4.78 is 31.2. The van der Waals surface area contributed by atoms with Gasteiger partial charge in [0, 0.05) is 24.7 Å². The molecule has 0 bridgehead atoms. The highest BCUT2D eigenvalue weighted by Gasteiger charge is 2.47. The van der Waals surface area contributed by atoms with E-state index in [1.807, 2.05) is 0 Å². The van der Waals surface area contributed by atoms with Crippen LogP contribution < -0.4 is 10.1 Å². The third-order valence-electron chi connectivity index (χ3n) is 6.44. The molecule has 5 nitrogen and oxygen atoms in total. The number of nitrogens with one attached hydrogen (secondary N) is 1. The Balaban J connectivity index is 1.23. The maximum absolute atomic E-state index is 13.9. The second-order valence-electron chi connectivity index (χ2n) is 8.23. The first-order valence-electron chi connectivity index (χ1n) is 9.83. The summed E-state index contributed by atoms with van der Waals surface area (Å²) in [5.74, 6) is 1.02. The first-order valence-corrected chi connectivity index (χ1v) is 9.83. The van der Waals surface area contributed by atoms with Gasteiger partial charge in [-0.15, -0.1) is 0 Å². The monoisotopic (exact) mass is 362 g/mol. The lowest BCUT2D eigenvalue weighted by Gasteiger charge is -2.40. The van der Waals surface area contributed by atoms with Crippen molar-refractivity contribution in [2.75, 3.05) is 46.0 Å². The summed E-state index contributed by atoms with van der Waals surface area (Å²) in [5.41, 5.74) is 1.13. The molecule has 1 atom stereocenters. The molecular formula is C20H27FN2O3. The van der Waals surface area contributed by atoms with Crippen LogP contribution in [-0.4, -0.2) is 68.6 Å². The fourth-order valence-electron chi connectivity index (χ4n) is 4.69. The minimum atomic E-state index is -0.178. The van der Waals surface area contributed by atoms with Crippen molar-refractivity contribution < 1.29 is 18.6 Å². The summed E-state index contributed by atoms with van der Waals surface area (Å²) in [6.45, 7) is 6.20. The van der Waals surface area contributed by atoms with Gasteiger partial charge in [0.25, 0.3) is 0 Å². The largest absolute Gasteiger partial charge is 0.485 e. The molecule has 0 radical (unpaired) electrons. The third-order valence-corrected chi connectivity index (χ3v) is 6.44. The van der Waals surface area contributed by atoms with Gasteiger partial charge in [-0.3, -0.25) is 4.90 Å². The molecule has 142 valence electrons. The van der Waals surface area contributed by atoms with E-state index in [9.17, 15) is 4.39 Å². The van der Waals surface area contributed by atoms with Crippen LogP contribution in [0.1, 0.15) is 30.7 Å². The molecule has 1 N–H and O–H groups in total. The van der Waals surface area contributed by atoms with Gasteiger partial charge in [0.05, 0.1) is 25.4 Å². The SMILES string of the molecule is Fc1ccc(OC2COC2)c(C2CCN(C3COC4(CNC4)C3)CC2)c1. The third kappa shape index (κ3) is 3.13. The van der Waals surface area contributed by atoms with Gasteiger partial charge in [-0.1, -0.05) is 0 Å². The Kier molecular flexibility index (Phi) is 4.39. The van der Waals surface area contributed by atoms with Gasteiger partial charge >= 0.3 is 0 Å². The first kappa shape index (κ1) is 16.9. The smallest absolute Gasteiger partial charge is 0.145 e. The predicted molar refractivity (Wildman–Crippen MR) is 95.1 cm³/mol. The zero-order chi connectivity index (χ0) is 17.6. The number of likely N-dealkylation sites (tertiary alicyclic amines) is 1. The van der Waals surface area contributed by atoms with E-state index >= 15 is 0 Å². The molecule has 0 aromatic heterocycles. The molecule has 0 saturated carbocycles. The molecule has 5 rings (SSSR count). The van der Waals surface area contributed by atoms with E-state index < -0.39 is 0 Å². The molecule has 0 aliphatic carbocycles. The number of halogens is 1.